The summed E-state index contributed by atoms with van der Waals surface area (Å²) in [5.74, 6) is -0.274. The third-order valence-corrected chi connectivity index (χ3v) is 3.13. The monoisotopic (exact) mass is 281 g/mol. The molecule has 0 saturated heterocycles. The molecular formula is C14H17ClFN3. The fourth-order valence-electron chi connectivity index (χ4n) is 1.99. The second kappa shape index (κ2) is 6.17. The molecule has 1 N–H and O–H groups in total. The summed E-state index contributed by atoms with van der Waals surface area (Å²) in [5.41, 5.74) is 1.32. The van der Waals surface area contributed by atoms with Gasteiger partial charge in [-0.15, -0.1) is 0 Å². The highest BCUT2D eigenvalue weighted by Gasteiger charge is 2.19. The maximum atomic E-state index is 14.0. The van der Waals surface area contributed by atoms with Gasteiger partial charge in [0, 0.05) is 23.8 Å². The van der Waals surface area contributed by atoms with Crippen LogP contribution in [0.2, 0.25) is 5.02 Å². The van der Waals surface area contributed by atoms with Crippen LogP contribution in [-0.4, -0.2) is 16.3 Å². The second-order valence-corrected chi connectivity index (χ2v) is 4.90. The average Bonchev–Trinajstić information content (AvgIpc) is 2.80. The van der Waals surface area contributed by atoms with Gasteiger partial charge in [0.15, 0.2) is 0 Å². The summed E-state index contributed by atoms with van der Waals surface area (Å²) >= 11 is 5.97. The first-order valence-corrected chi connectivity index (χ1v) is 6.67. The Morgan fingerprint density at radius 1 is 1.42 bits per heavy atom. The van der Waals surface area contributed by atoms with Crippen molar-refractivity contribution < 1.29 is 4.39 Å². The van der Waals surface area contributed by atoms with Crippen molar-refractivity contribution in [3.05, 3.63) is 52.6 Å². The molecule has 19 heavy (non-hydrogen) atoms. The number of halogens is 2. The van der Waals surface area contributed by atoms with Crippen LogP contribution in [0.15, 0.2) is 30.5 Å². The van der Waals surface area contributed by atoms with E-state index in [1.165, 1.54) is 6.07 Å². The average molecular weight is 282 g/mol. The number of hydrogen-bond acceptors (Lipinski definition) is 2. The van der Waals surface area contributed by atoms with Gasteiger partial charge in [0.2, 0.25) is 0 Å². The molecule has 0 saturated carbocycles. The van der Waals surface area contributed by atoms with Gasteiger partial charge in [0.1, 0.15) is 5.82 Å². The summed E-state index contributed by atoms with van der Waals surface area (Å²) in [7, 11) is 1.84. The Bertz CT molecular complexity index is 553. The van der Waals surface area contributed by atoms with Gasteiger partial charge in [-0.25, -0.2) is 4.39 Å². The van der Waals surface area contributed by atoms with E-state index in [-0.39, 0.29) is 11.9 Å². The van der Waals surface area contributed by atoms with Crippen molar-refractivity contribution in [2.24, 2.45) is 7.05 Å². The molecule has 0 radical (unpaired) electrons. The maximum Gasteiger partial charge on any atom is 0.128 e. The van der Waals surface area contributed by atoms with Gasteiger partial charge < -0.3 is 5.32 Å². The lowest BCUT2D eigenvalue weighted by molar-refractivity contribution is 0.534. The Hall–Kier alpha value is -1.39. The normalized spacial score (nSPS) is 12.6. The van der Waals surface area contributed by atoms with Crippen molar-refractivity contribution in [1.82, 2.24) is 15.1 Å². The lowest BCUT2D eigenvalue weighted by Gasteiger charge is -2.18. The molecule has 0 aliphatic carbocycles. The van der Waals surface area contributed by atoms with E-state index in [9.17, 15) is 4.39 Å². The van der Waals surface area contributed by atoms with Crippen LogP contribution in [0.4, 0.5) is 4.39 Å². The SMILES string of the molecule is CCCNC(c1ccn(C)n1)c1cc(Cl)ccc1F. The first kappa shape index (κ1) is 14.0. The van der Waals surface area contributed by atoms with Crippen molar-refractivity contribution in [2.75, 3.05) is 6.54 Å². The van der Waals surface area contributed by atoms with Gasteiger partial charge >= 0.3 is 0 Å². The molecule has 3 nitrogen and oxygen atoms in total. The van der Waals surface area contributed by atoms with Gasteiger partial charge in [-0.3, -0.25) is 4.68 Å². The van der Waals surface area contributed by atoms with E-state index < -0.39 is 0 Å². The lowest BCUT2D eigenvalue weighted by atomic mass is 10.0. The molecule has 0 amide bonds. The number of nitrogens with zero attached hydrogens (tertiary/aromatic N) is 2. The van der Waals surface area contributed by atoms with Gasteiger partial charge in [-0.05, 0) is 37.2 Å². The van der Waals surface area contributed by atoms with E-state index >= 15 is 0 Å². The van der Waals surface area contributed by atoms with E-state index in [1.54, 1.807) is 16.8 Å². The summed E-state index contributed by atoms with van der Waals surface area (Å²) in [5, 5.41) is 8.19. The Kier molecular flexibility index (Phi) is 4.56. The minimum Gasteiger partial charge on any atom is -0.305 e. The fourth-order valence-corrected chi connectivity index (χ4v) is 2.17. The second-order valence-electron chi connectivity index (χ2n) is 4.47. The quantitative estimate of drug-likeness (QED) is 0.911. The van der Waals surface area contributed by atoms with E-state index in [1.807, 2.05) is 19.3 Å². The molecule has 0 spiro atoms. The molecule has 1 aromatic heterocycles. The maximum absolute atomic E-state index is 14.0. The van der Waals surface area contributed by atoms with E-state index in [4.69, 9.17) is 11.6 Å². The van der Waals surface area contributed by atoms with Crippen LogP contribution in [-0.2, 0) is 7.05 Å². The smallest absolute Gasteiger partial charge is 0.128 e. The predicted molar refractivity (Wildman–Crippen MR) is 74.8 cm³/mol. The molecule has 1 atom stereocenters. The number of benzene rings is 1. The molecule has 1 heterocycles. The molecule has 1 unspecified atom stereocenters. The van der Waals surface area contributed by atoms with Crippen molar-refractivity contribution in [3.8, 4) is 0 Å². The zero-order chi connectivity index (χ0) is 13.8. The van der Waals surface area contributed by atoms with Crippen molar-refractivity contribution >= 4 is 11.6 Å². The fraction of sp³-hybridized carbons (Fsp3) is 0.357. The van der Waals surface area contributed by atoms with Crippen LogP contribution in [0.1, 0.15) is 30.6 Å². The molecule has 0 aliphatic rings. The number of hydrogen-bond donors (Lipinski definition) is 1. The summed E-state index contributed by atoms with van der Waals surface area (Å²) in [6.45, 7) is 2.85. The van der Waals surface area contributed by atoms with Crippen molar-refractivity contribution in [2.45, 2.75) is 19.4 Å². The minimum absolute atomic E-state index is 0.274. The third kappa shape index (κ3) is 3.33. The summed E-state index contributed by atoms with van der Waals surface area (Å²) in [6, 6.07) is 6.20. The van der Waals surface area contributed by atoms with Crippen molar-refractivity contribution in [3.63, 3.8) is 0 Å². The molecule has 2 rings (SSSR count). The standard InChI is InChI=1S/C14H17ClFN3/c1-3-7-17-14(13-6-8-19(2)18-13)11-9-10(15)4-5-12(11)16/h4-6,8-9,14,17H,3,7H2,1-2H3. The number of nitrogens with one attached hydrogen (secondary N) is 1. The summed E-state index contributed by atoms with van der Waals surface area (Å²) in [4.78, 5) is 0. The van der Waals surface area contributed by atoms with Crippen LogP contribution in [0, 0.1) is 5.82 Å². The van der Waals surface area contributed by atoms with E-state index in [0.29, 0.717) is 10.6 Å². The van der Waals surface area contributed by atoms with E-state index in [0.717, 1.165) is 18.7 Å². The zero-order valence-electron chi connectivity index (χ0n) is 11.0. The van der Waals surface area contributed by atoms with Crippen LogP contribution in [0.5, 0.6) is 0 Å². The number of aromatic nitrogens is 2. The summed E-state index contributed by atoms with van der Waals surface area (Å²) < 4.78 is 15.7. The lowest BCUT2D eigenvalue weighted by Crippen LogP contribution is -2.24. The van der Waals surface area contributed by atoms with E-state index in [2.05, 4.69) is 17.3 Å². The highest BCUT2D eigenvalue weighted by Crippen LogP contribution is 2.26. The van der Waals surface area contributed by atoms with Gasteiger partial charge in [0.25, 0.3) is 0 Å². The Morgan fingerprint density at radius 3 is 2.84 bits per heavy atom. The number of rotatable bonds is 5. The molecule has 1 aromatic carbocycles. The largest absolute Gasteiger partial charge is 0.305 e. The Morgan fingerprint density at radius 2 is 2.21 bits per heavy atom. The van der Waals surface area contributed by atoms with Crippen LogP contribution >= 0.6 is 11.6 Å². The molecule has 0 fully saturated rings. The topological polar surface area (TPSA) is 29.9 Å². The van der Waals surface area contributed by atoms with Gasteiger partial charge in [0.05, 0.1) is 11.7 Å². The molecule has 0 aliphatic heterocycles. The number of aryl methyl sites for hydroxylation is 1. The first-order chi connectivity index (χ1) is 9.11. The molecule has 102 valence electrons. The third-order valence-electron chi connectivity index (χ3n) is 2.90. The van der Waals surface area contributed by atoms with Crippen LogP contribution < -0.4 is 5.32 Å². The van der Waals surface area contributed by atoms with Crippen LogP contribution in [0.3, 0.4) is 0 Å². The molecule has 0 bridgehead atoms. The van der Waals surface area contributed by atoms with Gasteiger partial charge in [-0.1, -0.05) is 18.5 Å². The Balaban J connectivity index is 2.39. The highest BCUT2D eigenvalue weighted by molar-refractivity contribution is 6.30. The summed E-state index contributed by atoms with van der Waals surface area (Å²) in [6.07, 6.45) is 2.81. The zero-order valence-corrected chi connectivity index (χ0v) is 11.8. The molecule has 5 heteroatoms. The minimum atomic E-state index is -0.278. The highest BCUT2D eigenvalue weighted by atomic mass is 35.5. The van der Waals surface area contributed by atoms with Crippen molar-refractivity contribution in [1.29, 1.82) is 0 Å². The van der Waals surface area contributed by atoms with Gasteiger partial charge in [-0.2, -0.15) is 5.10 Å². The predicted octanol–water partition coefficient (Wildman–Crippen LogP) is 3.30. The Labute approximate surface area is 117 Å². The molecule has 2 aromatic rings. The van der Waals surface area contributed by atoms with Crippen LogP contribution in [0.25, 0.3) is 0 Å². The molecular weight excluding hydrogens is 265 g/mol. The first-order valence-electron chi connectivity index (χ1n) is 6.29.